The minimum Gasteiger partial charge on any atom is -0.393 e. The van der Waals surface area contributed by atoms with E-state index in [9.17, 15) is 15.0 Å². The number of fused-ring (bicyclic) bond motifs is 5. The molecule has 0 aromatic heterocycles. The normalized spacial score (nSPS) is 54.7. The molecule has 2 N–H and O–H groups in total. The van der Waals surface area contributed by atoms with E-state index in [1.54, 1.807) is 6.92 Å². The Balaban J connectivity index is 1.62. The van der Waals surface area contributed by atoms with Crippen molar-refractivity contribution in [1.29, 1.82) is 0 Å². The Morgan fingerprint density at radius 3 is 2.44 bits per heavy atom. The van der Waals surface area contributed by atoms with Crippen LogP contribution >= 0.6 is 0 Å². The number of ketones is 1. The van der Waals surface area contributed by atoms with E-state index >= 15 is 0 Å². The molecule has 27 heavy (non-hydrogen) atoms. The van der Waals surface area contributed by atoms with Crippen molar-refractivity contribution in [3.05, 3.63) is 0 Å². The maximum absolute atomic E-state index is 12.3. The van der Waals surface area contributed by atoms with Gasteiger partial charge < -0.3 is 10.2 Å². The van der Waals surface area contributed by atoms with Gasteiger partial charge in [-0.25, -0.2) is 0 Å². The second-order valence-electron chi connectivity index (χ2n) is 11.3. The fourth-order valence-corrected chi connectivity index (χ4v) is 8.81. The van der Waals surface area contributed by atoms with Crippen LogP contribution in [0.3, 0.4) is 0 Å². The maximum Gasteiger partial charge on any atom is 0.133 e. The smallest absolute Gasteiger partial charge is 0.133 e. The third-order valence-electron chi connectivity index (χ3n) is 9.96. The summed E-state index contributed by atoms with van der Waals surface area (Å²) in [6, 6.07) is 0. The van der Waals surface area contributed by atoms with Gasteiger partial charge in [0.05, 0.1) is 11.7 Å². The van der Waals surface area contributed by atoms with Gasteiger partial charge in [0.1, 0.15) is 5.78 Å². The highest BCUT2D eigenvalue weighted by molar-refractivity contribution is 5.79. The largest absolute Gasteiger partial charge is 0.393 e. The van der Waals surface area contributed by atoms with E-state index in [0.29, 0.717) is 29.5 Å². The van der Waals surface area contributed by atoms with E-state index in [4.69, 9.17) is 0 Å². The third kappa shape index (κ3) is 2.86. The van der Waals surface area contributed by atoms with Gasteiger partial charge in [0, 0.05) is 5.92 Å². The summed E-state index contributed by atoms with van der Waals surface area (Å²) < 4.78 is 0. The molecular weight excluding hydrogens is 336 g/mol. The van der Waals surface area contributed by atoms with Gasteiger partial charge in [-0.15, -0.1) is 0 Å². The van der Waals surface area contributed by atoms with Crippen molar-refractivity contribution in [3.63, 3.8) is 0 Å². The van der Waals surface area contributed by atoms with Gasteiger partial charge in [-0.05, 0) is 99.2 Å². The van der Waals surface area contributed by atoms with Gasteiger partial charge >= 0.3 is 0 Å². The Kier molecular flexibility index (Phi) is 4.83. The van der Waals surface area contributed by atoms with Crippen molar-refractivity contribution < 1.29 is 15.0 Å². The second-order valence-corrected chi connectivity index (χ2v) is 11.3. The molecule has 0 aliphatic heterocycles. The Morgan fingerprint density at radius 2 is 1.78 bits per heavy atom. The fraction of sp³-hybridized carbons (Fsp3) is 0.958. The van der Waals surface area contributed by atoms with E-state index < -0.39 is 5.60 Å². The van der Waals surface area contributed by atoms with Gasteiger partial charge in [0.2, 0.25) is 0 Å². The lowest BCUT2D eigenvalue weighted by atomic mass is 9.43. The average Bonchev–Trinajstić information content (AvgIpc) is 2.92. The van der Waals surface area contributed by atoms with Crippen LogP contribution in [0.25, 0.3) is 0 Å². The first kappa shape index (κ1) is 19.9. The van der Waals surface area contributed by atoms with E-state index in [-0.39, 0.29) is 22.9 Å². The van der Waals surface area contributed by atoms with Crippen LogP contribution < -0.4 is 0 Å². The molecule has 4 aliphatic carbocycles. The number of aliphatic hydroxyl groups excluding tert-OH is 1. The summed E-state index contributed by atoms with van der Waals surface area (Å²) in [4.78, 5) is 12.3. The molecule has 0 aromatic rings. The molecule has 0 heterocycles. The number of hydrogen-bond acceptors (Lipinski definition) is 3. The number of carbonyl (C=O) groups is 1. The molecule has 0 radical (unpaired) electrons. The lowest BCUT2D eigenvalue weighted by molar-refractivity contribution is -0.191. The summed E-state index contributed by atoms with van der Waals surface area (Å²) in [6.07, 6.45) is 9.87. The second kappa shape index (κ2) is 6.55. The minimum absolute atomic E-state index is 0.00672. The van der Waals surface area contributed by atoms with Crippen molar-refractivity contribution >= 4 is 5.78 Å². The van der Waals surface area contributed by atoms with Crippen LogP contribution in [-0.2, 0) is 4.79 Å². The van der Waals surface area contributed by atoms with E-state index in [0.717, 1.165) is 51.4 Å². The molecular formula is C24H40O3. The Morgan fingerprint density at radius 1 is 1.04 bits per heavy atom. The van der Waals surface area contributed by atoms with Crippen LogP contribution in [-0.4, -0.2) is 27.7 Å². The third-order valence-corrected chi connectivity index (χ3v) is 9.96. The molecule has 0 bridgehead atoms. The minimum atomic E-state index is -0.479. The lowest BCUT2D eigenvalue weighted by Gasteiger charge is -2.63. The van der Waals surface area contributed by atoms with Crippen LogP contribution in [0.4, 0.5) is 0 Å². The first-order valence-corrected chi connectivity index (χ1v) is 11.6. The molecule has 0 aromatic carbocycles. The Hall–Kier alpha value is -0.410. The first-order chi connectivity index (χ1) is 12.6. The standard InChI is InChI=1S/C24H40O3/c1-5-10-24(27)12-11-22(3)16(13-24)6-7-17-19-9-8-18(15(2)25)23(19,4)14-20(26)21(17)22/h16-21,26-27H,5-14H2,1-4H3/t16-,17+,18-,19+,20-,21-,22+,23-,24-/m1/s1. The van der Waals surface area contributed by atoms with Gasteiger partial charge in [0.25, 0.3) is 0 Å². The van der Waals surface area contributed by atoms with Crippen molar-refractivity contribution in [2.45, 2.75) is 104 Å². The van der Waals surface area contributed by atoms with Crippen LogP contribution in [0, 0.1) is 40.4 Å². The number of aliphatic hydroxyl groups is 2. The molecule has 4 aliphatic rings. The zero-order valence-corrected chi connectivity index (χ0v) is 17.8. The zero-order chi connectivity index (χ0) is 19.6. The van der Waals surface area contributed by atoms with Crippen LogP contribution in [0.2, 0.25) is 0 Å². The quantitative estimate of drug-likeness (QED) is 0.748. The van der Waals surface area contributed by atoms with Crippen molar-refractivity contribution in [1.82, 2.24) is 0 Å². The summed E-state index contributed by atoms with van der Waals surface area (Å²) >= 11 is 0. The summed E-state index contributed by atoms with van der Waals surface area (Å²) in [5, 5.41) is 22.5. The van der Waals surface area contributed by atoms with Crippen molar-refractivity contribution in [2.75, 3.05) is 0 Å². The highest BCUT2D eigenvalue weighted by Gasteiger charge is 2.64. The molecule has 0 amide bonds. The Bertz CT molecular complexity index is 602. The maximum atomic E-state index is 12.3. The number of Topliss-reactive ketones (excluding diaryl/α,β-unsaturated/α-hetero) is 1. The van der Waals surface area contributed by atoms with Crippen LogP contribution in [0.1, 0.15) is 91.9 Å². The van der Waals surface area contributed by atoms with E-state index in [2.05, 4.69) is 20.8 Å². The highest BCUT2D eigenvalue weighted by Crippen LogP contribution is 2.68. The lowest BCUT2D eigenvalue weighted by Crippen LogP contribution is -2.60. The SMILES string of the molecule is CCC[C@@]1(O)CC[C@@]2(C)[C@H](CC[C@@H]3[C@@H]2[C@H](O)C[C@]2(C)[C@@H](C(C)=O)CC[C@@H]32)C1. The number of rotatable bonds is 3. The average molecular weight is 377 g/mol. The highest BCUT2D eigenvalue weighted by atomic mass is 16.3. The molecule has 0 saturated heterocycles. The van der Waals surface area contributed by atoms with Crippen LogP contribution in [0.5, 0.6) is 0 Å². The summed E-state index contributed by atoms with van der Waals surface area (Å²) in [5.41, 5.74) is -0.335. The topological polar surface area (TPSA) is 57.5 Å². The van der Waals surface area contributed by atoms with Gasteiger partial charge in [-0.2, -0.15) is 0 Å². The number of hydrogen-bond donors (Lipinski definition) is 2. The zero-order valence-electron chi connectivity index (χ0n) is 17.8. The van der Waals surface area contributed by atoms with Crippen molar-refractivity contribution in [3.8, 4) is 0 Å². The Labute approximate surface area is 165 Å². The molecule has 154 valence electrons. The van der Waals surface area contributed by atoms with Crippen molar-refractivity contribution in [2.24, 2.45) is 40.4 Å². The molecule has 4 fully saturated rings. The van der Waals surface area contributed by atoms with Crippen LogP contribution in [0.15, 0.2) is 0 Å². The predicted molar refractivity (Wildman–Crippen MR) is 107 cm³/mol. The monoisotopic (exact) mass is 376 g/mol. The van der Waals surface area contributed by atoms with E-state index in [1.807, 2.05) is 0 Å². The first-order valence-electron chi connectivity index (χ1n) is 11.6. The molecule has 4 rings (SSSR count). The van der Waals surface area contributed by atoms with E-state index in [1.165, 1.54) is 12.8 Å². The van der Waals surface area contributed by atoms with Gasteiger partial charge in [-0.3, -0.25) is 4.79 Å². The molecule has 3 nitrogen and oxygen atoms in total. The number of carbonyl (C=O) groups excluding carboxylic acids is 1. The molecule has 4 saturated carbocycles. The summed E-state index contributed by atoms with van der Waals surface area (Å²) in [6.45, 7) is 8.64. The summed E-state index contributed by atoms with van der Waals surface area (Å²) in [5.74, 6) is 2.51. The predicted octanol–water partition coefficient (Wildman–Crippen LogP) is 4.74. The molecule has 9 atom stereocenters. The fourth-order valence-electron chi connectivity index (χ4n) is 8.81. The van der Waals surface area contributed by atoms with Gasteiger partial charge in [-0.1, -0.05) is 27.2 Å². The molecule has 0 unspecified atom stereocenters. The summed E-state index contributed by atoms with van der Waals surface area (Å²) in [7, 11) is 0. The molecule has 3 heteroatoms. The van der Waals surface area contributed by atoms with Gasteiger partial charge in [0.15, 0.2) is 0 Å². The molecule has 0 spiro atoms.